The maximum atomic E-state index is 13.0. The second kappa shape index (κ2) is 7.86. The number of nitrogens with zero attached hydrogens (tertiary/aromatic N) is 1. The van der Waals surface area contributed by atoms with Crippen molar-refractivity contribution in [1.29, 1.82) is 0 Å². The molecule has 1 aromatic heterocycles. The van der Waals surface area contributed by atoms with Crippen LogP contribution in [0.3, 0.4) is 0 Å². The zero-order valence-corrected chi connectivity index (χ0v) is 14.2. The van der Waals surface area contributed by atoms with E-state index in [1.165, 1.54) is 0 Å². The van der Waals surface area contributed by atoms with E-state index in [0.29, 0.717) is 16.3 Å². The molecule has 0 unspecified atom stereocenters. The zero-order valence-electron chi connectivity index (χ0n) is 13.4. The summed E-state index contributed by atoms with van der Waals surface area (Å²) in [6, 6.07) is 21.2. The van der Waals surface area contributed by atoms with Gasteiger partial charge in [-0.1, -0.05) is 78.3 Å². The first-order valence-electron chi connectivity index (χ1n) is 7.94. The highest BCUT2D eigenvalue weighted by molar-refractivity contribution is 6.29. The van der Waals surface area contributed by atoms with Crippen LogP contribution in [0.25, 0.3) is 0 Å². The second-order valence-corrected chi connectivity index (χ2v) is 6.09. The van der Waals surface area contributed by atoms with Crippen molar-refractivity contribution in [1.82, 2.24) is 4.98 Å². The number of hydrogen-bond acceptors (Lipinski definition) is 3. The highest BCUT2D eigenvalue weighted by Crippen LogP contribution is 2.20. The molecule has 2 aromatic carbocycles. The molecule has 25 heavy (non-hydrogen) atoms. The average molecular weight is 350 g/mol. The van der Waals surface area contributed by atoms with Crippen molar-refractivity contribution in [3.8, 4) is 0 Å². The predicted octanol–water partition coefficient (Wildman–Crippen LogP) is 4.66. The molecule has 0 bridgehead atoms. The molecule has 3 rings (SSSR count). The van der Waals surface area contributed by atoms with Crippen LogP contribution in [0, 0.1) is 5.92 Å². The van der Waals surface area contributed by atoms with Gasteiger partial charge in [-0.15, -0.1) is 0 Å². The summed E-state index contributed by atoms with van der Waals surface area (Å²) < 4.78 is 0. The summed E-state index contributed by atoms with van der Waals surface area (Å²) in [6.07, 6.45) is 1.89. The highest BCUT2D eigenvalue weighted by atomic mass is 35.5. The SMILES string of the molecule is O=C(c1ccccc1)C(Cc1ccc(Cl)nc1)C(=O)c1ccccc1. The Balaban J connectivity index is 1.94. The second-order valence-electron chi connectivity index (χ2n) is 5.71. The van der Waals surface area contributed by atoms with Crippen molar-refractivity contribution in [2.45, 2.75) is 6.42 Å². The van der Waals surface area contributed by atoms with Crippen molar-refractivity contribution in [2.75, 3.05) is 0 Å². The van der Waals surface area contributed by atoms with E-state index in [0.717, 1.165) is 5.56 Å². The fraction of sp³-hybridized carbons (Fsp3) is 0.0952. The maximum Gasteiger partial charge on any atom is 0.174 e. The van der Waals surface area contributed by atoms with Crippen molar-refractivity contribution in [3.05, 3.63) is 101 Å². The molecule has 4 heteroatoms. The van der Waals surface area contributed by atoms with E-state index in [2.05, 4.69) is 4.98 Å². The van der Waals surface area contributed by atoms with Gasteiger partial charge in [0.25, 0.3) is 0 Å². The highest BCUT2D eigenvalue weighted by Gasteiger charge is 2.28. The normalized spacial score (nSPS) is 10.6. The van der Waals surface area contributed by atoms with E-state index in [1.54, 1.807) is 66.9 Å². The fourth-order valence-electron chi connectivity index (χ4n) is 2.67. The molecule has 0 aliphatic heterocycles. The molecule has 0 saturated carbocycles. The predicted molar refractivity (Wildman–Crippen MR) is 98.0 cm³/mol. The van der Waals surface area contributed by atoms with Crippen LogP contribution >= 0.6 is 11.6 Å². The van der Waals surface area contributed by atoms with E-state index in [4.69, 9.17) is 11.6 Å². The number of hydrogen-bond donors (Lipinski definition) is 0. The zero-order chi connectivity index (χ0) is 17.6. The lowest BCUT2D eigenvalue weighted by atomic mass is 9.85. The van der Waals surface area contributed by atoms with Crippen molar-refractivity contribution < 1.29 is 9.59 Å². The van der Waals surface area contributed by atoms with Crippen LogP contribution < -0.4 is 0 Å². The topological polar surface area (TPSA) is 47.0 Å². The number of benzene rings is 2. The van der Waals surface area contributed by atoms with Gasteiger partial charge in [-0.05, 0) is 18.1 Å². The van der Waals surface area contributed by atoms with Crippen LogP contribution in [0.15, 0.2) is 79.0 Å². The van der Waals surface area contributed by atoms with Gasteiger partial charge in [0.05, 0.1) is 5.92 Å². The summed E-state index contributed by atoms with van der Waals surface area (Å²) in [5.74, 6) is -1.18. The Bertz CT molecular complexity index is 810. The molecule has 3 nitrogen and oxygen atoms in total. The molecule has 0 aliphatic rings. The molecule has 0 amide bonds. The van der Waals surface area contributed by atoms with Gasteiger partial charge in [-0.25, -0.2) is 4.98 Å². The first kappa shape index (κ1) is 17.1. The number of rotatable bonds is 6. The van der Waals surface area contributed by atoms with Crippen LogP contribution in [-0.2, 0) is 6.42 Å². The van der Waals surface area contributed by atoms with Gasteiger partial charge in [0, 0.05) is 17.3 Å². The number of halogens is 1. The molecule has 0 aliphatic carbocycles. The number of carbonyl (C=O) groups is 2. The minimum Gasteiger partial charge on any atom is -0.293 e. The molecule has 0 saturated heterocycles. The molecule has 0 atom stereocenters. The van der Waals surface area contributed by atoms with Gasteiger partial charge in [0.1, 0.15) is 5.15 Å². The summed E-state index contributed by atoms with van der Waals surface area (Å²) in [5, 5.41) is 0.379. The van der Waals surface area contributed by atoms with Gasteiger partial charge in [-0.2, -0.15) is 0 Å². The van der Waals surface area contributed by atoms with E-state index in [1.807, 2.05) is 12.1 Å². The quantitative estimate of drug-likeness (QED) is 0.369. The van der Waals surface area contributed by atoms with Gasteiger partial charge in [-0.3, -0.25) is 9.59 Å². The Morgan fingerprint density at radius 2 is 1.32 bits per heavy atom. The van der Waals surface area contributed by atoms with Crippen LogP contribution in [0.1, 0.15) is 26.3 Å². The molecule has 0 radical (unpaired) electrons. The smallest absolute Gasteiger partial charge is 0.174 e. The Morgan fingerprint density at radius 3 is 1.76 bits per heavy atom. The Labute approximate surface area is 151 Å². The summed E-state index contributed by atoms with van der Waals surface area (Å²) in [6.45, 7) is 0. The molecule has 0 fully saturated rings. The Morgan fingerprint density at radius 1 is 0.800 bits per heavy atom. The minimum absolute atomic E-state index is 0.190. The number of ketones is 2. The summed E-state index contributed by atoms with van der Waals surface area (Å²) in [5.41, 5.74) is 1.85. The molecule has 124 valence electrons. The van der Waals surface area contributed by atoms with Crippen molar-refractivity contribution in [2.24, 2.45) is 5.92 Å². The van der Waals surface area contributed by atoms with E-state index >= 15 is 0 Å². The third-order valence-electron chi connectivity index (χ3n) is 3.98. The Hall–Kier alpha value is -2.78. The first-order chi connectivity index (χ1) is 12.1. The van der Waals surface area contributed by atoms with E-state index < -0.39 is 5.92 Å². The summed E-state index contributed by atoms with van der Waals surface area (Å²) in [7, 11) is 0. The van der Waals surface area contributed by atoms with E-state index in [9.17, 15) is 9.59 Å². The molecule has 0 spiro atoms. The first-order valence-corrected chi connectivity index (χ1v) is 8.32. The molecule has 3 aromatic rings. The van der Waals surface area contributed by atoms with E-state index in [-0.39, 0.29) is 18.0 Å². The van der Waals surface area contributed by atoms with Crippen molar-refractivity contribution in [3.63, 3.8) is 0 Å². The largest absolute Gasteiger partial charge is 0.293 e. The maximum absolute atomic E-state index is 13.0. The standard InChI is InChI=1S/C21H16ClNO2/c22-19-12-11-15(14-23-19)13-18(20(24)16-7-3-1-4-8-16)21(25)17-9-5-2-6-10-17/h1-12,14,18H,13H2. The van der Waals surface area contributed by atoms with Crippen molar-refractivity contribution >= 4 is 23.2 Å². The van der Waals surface area contributed by atoms with Gasteiger partial charge in [0.15, 0.2) is 11.6 Å². The monoisotopic (exact) mass is 349 g/mol. The molecule has 1 heterocycles. The lowest BCUT2D eigenvalue weighted by Gasteiger charge is -2.15. The summed E-state index contributed by atoms with van der Waals surface area (Å²) >= 11 is 5.82. The van der Waals surface area contributed by atoms with Crippen LogP contribution in [0.2, 0.25) is 5.15 Å². The lowest BCUT2D eigenvalue weighted by molar-refractivity contribution is 0.0806. The third kappa shape index (κ3) is 4.20. The average Bonchev–Trinajstić information content (AvgIpc) is 2.68. The number of carbonyl (C=O) groups excluding carboxylic acids is 2. The fourth-order valence-corrected chi connectivity index (χ4v) is 2.79. The van der Waals surface area contributed by atoms with Gasteiger partial charge in [0.2, 0.25) is 0 Å². The summed E-state index contributed by atoms with van der Waals surface area (Å²) in [4.78, 5) is 30.0. The Kier molecular flexibility index (Phi) is 5.36. The molecular formula is C21H16ClNO2. The molecular weight excluding hydrogens is 334 g/mol. The lowest BCUT2D eigenvalue weighted by Crippen LogP contribution is -2.26. The van der Waals surface area contributed by atoms with Gasteiger partial charge >= 0.3 is 0 Å². The van der Waals surface area contributed by atoms with Gasteiger partial charge < -0.3 is 0 Å². The number of pyridine rings is 1. The van der Waals surface area contributed by atoms with Crippen LogP contribution in [-0.4, -0.2) is 16.6 Å². The van der Waals surface area contributed by atoms with Crippen LogP contribution in [0.5, 0.6) is 0 Å². The number of Topliss-reactive ketones (excluding diaryl/α,β-unsaturated/α-hetero) is 2. The number of aromatic nitrogens is 1. The minimum atomic E-state index is -0.798. The molecule has 0 N–H and O–H groups in total. The van der Waals surface area contributed by atoms with Crippen LogP contribution in [0.4, 0.5) is 0 Å². The third-order valence-corrected chi connectivity index (χ3v) is 4.20.